The lowest BCUT2D eigenvalue weighted by Crippen LogP contribution is -2.22. The Bertz CT molecular complexity index is 282. The van der Waals surface area contributed by atoms with Gasteiger partial charge in [0, 0.05) is 0 Å². The molecule has 1 aromatic rings. The summed E-state index contributed by atoms with van der Waals surface area (Å²) in [6.45, 7) is 0. The molecule has 0 saturated carbocycles. The molecule has 0 aliphatic carbocycles. The highest BCUT2D eigenvalue weighted by atomic mass is 35.5. The Morgan fingerprint density at radius 3 is 2.17 bits per heavy atom. The first-order valence-corrected chi connectivity index (χ1v) is 3.97. The van der Waals surface area contributed by atoms with Crippen LogP contribution in [-0.2, 0) is 9.13 Å². The van der Waals surface area contributed by atoms with E-state index in [0.717, 1.165) is 0 Å². The molecule has 0 unspecified atom stereocenters. The van der Waals surface area contributed by atoms with E-state index in [2.05, 4.69) is 0 Å². The summed E-state index contributed by atoms with van der Waals surface area (Å²) >= 11 is 11.1. The molecule has 0 amide bonds. The van der Waals surface area contributed by atoms with Crippen molar-refractivity contribution in [1.29, 1.82) is 0 Å². The number of carboxylic acids is 1. The van der Waals surface area contributed by atoms with Crippen LogP contribution >= 0.6 is 23.2 Å². The molecule has 0 radical (unpaired) electrons. The van der Waals surface area contributed by atoms with Gasteiger partial charge in [-0.15, -0.1) is 0 Å². The zero-order chi connectivity index (χ0) is 9.19. The van der Waals surface area contributed by atoms with Crippen molar-refractivity contribution in [2.24, 2.45) is 0 Å². The summed E-state index contributed by atoms with van der Waals surface area (Å²) in [5, 5.41) is 8.63. The normalized spacial score (nSPS) is 11.2. The molecule has 0 heterocycles. The lowest BCUT2D eigenvalue weighted by Gasteiger charge is -2.13. The van der Waals surface area contributed by atoms with Gasteiger partial charge in [-0.2, -0.15) is 0 Å². The van der Waals surface area contributed by atoms with Crippen LogP contribution in [0.2, 0.25) is 0 Å². The molecular weight excluding hydrogens is 199 g/mol. The Kier molecular flexibility index (Phi) is 2.60. The largest absolute Gasteiger partial charge is 0.479 e. The van der Waals surface area contributed by atoms with Crippen molar-refractivity contribution in [3.63, 3.8) is 0 Å². The van der Waals surface area contributed by atoms with Gasteiger partial charge in [-0.1, -0.05) is 53.5 Å². The second-order valence-electron chi connectivity index (χ2n) is 2.25. The molecule has 12 heavy (non-hydrogen) atoms. The highest BCUT2D eigenvalue weighted by Crippen LogP contribution is 2.33. The Balaban J connectivity index is 3.06. The third-order valence-electron chi connectivity index (χ3n) is 1.40. The number of alkyl halides is 2. The third-order valence-corrected chi connectivity index (χ3v) is 2.16. The average Bonchev–Trinajstić information content (AvgIpc) is 2.06. The number of benzene rings is 1. The van der Waals surface area contributed by atoms with E-state index in [9.17, 15) is 4.79 Å². The van der Waals surface area contributed by atoms with Crippen LogP contribution in [0, 0.1) is 0 Å². The van der Waals surface area contributed by atoms with Crippen LogP contribution in [0.15, 0.2) is 30.3 Å². The zero-order valence-corrected chi connectivity index (χ0v) is 7.51. The minimum absolute atomic E-state index is 0.362. The van der Waals surface area contributed by atoms with Gasteiger partial charge in [0.25, 0.3) is 0 Å². The van der Waals surface area contributed by atoms with Crippen LogP contribution in [0.1, 0.15) is 5.56 Å². The number of carbonyl (C=O) groups is 1. The monoisotopic (exact) mass is 204 g/mol. The summed E-state index contributed by atoms with van der Waals surface area (Å²) < 4.78 is -1.85. The second kappa shape index (κ2) is 3.33. The molecule has 0 spiro atoms. The Morgan fingerprint density at radius 1 is 1.25 bits per heavy atom. The van der Waals surface area contributed by atoms with Crippen molar-refractivity contribution in [3.8, 4) is 0 Å². The first-order chi connectivity index (χ1) is 5.55. The van der Waals surface area contributed by atoms with Gasteiger partial charge in [-0.05, 0) is 5.56 Å². The van der Waals surface area contributed by atoms with Crippen molar-refractivity contribution in [1.82, 2.24) is 0 Å². The Labute approximate surface area is 79.7 Å². The molecule has 0 aromatic heterocycles. The fourth-order valence-corrected chi connectivity index (χ4v) is 1.02. The van der Waals surface area contributed by atoms with Gasteiger partial charge in [-0.3, -0.25) is 0 Å². The maximum absolute atomic E-state index is 10.6. The van der Waals surface area contributed by atoms with Crippen molar-refractivity contribution in [2.45, 2.75) is 4.33 Å². The molecule has 1 N–H and O–H groups in total. The minimum atomic E-state index is -1.85. The maximum Gasteiger partial charge on any atom is 0.344 e. The number of hydrogen-bond acceptors (Lipinski definition) is 1. The van der Waals surface area contributed by atoms with E-state index in [1.807, 2.05) is 0 Å². The lowest BCUT2D eigenvalue weighted by atomic mass is 10.1. The third kappa shape index (κ3) is 1.71. The number of aliphatic carboxylic acids is 1. The Hall–Kier alpha value is -0.730. The molecule has 0 aliphatic rings. The van der Waals surface area contributed by atoms with Gasteiger partial charge in [0.2, 0.25) is 4.33 Å². The number of rotatable bonds is 2. The summed E-state index contributed by atoms with van der Waals surface area (Å²) in [6, 6.07) is 8.24. The summed E-state index contributed by atoms with van der Waals surface area (Å²) in [5.74, 6) is -1.27. The molecule has 0 bridgehead atoms. The molecule has 64 valence electrons. The van der Waals surface area contributed by atoms with Crippen molar-refractivity contribution in [2.75, 3.05) is 0 Å². The van der Waals surface area contributed by atoms with Crippen molar-refractivity contribution < 1.29 is 9.90 Å². The number of carboxylic acid groups (broad SMARTS) is 1. The van der Waals surface area contributed by atoms with Gasteiger partial charge in [-0.25, -0.2) is 4.79 Å². The van der Waals surface area contributed by atoms with Gasteiger partial charge in [0.15, 0.2) is 0 Å². The number of hydrogen-bond donors (Lipinski definition) is 1. The first kappa shape index (κ1) is 9.36. The van der Waals surface area contributed by atoms with Gasteiger partial charge < -0.3 is 5.11 Å². The van der Waals surface area contributed by atoms with E-state index in [0.29, 0.717) is 5.56 Å². The van der Waals surface area contributed by atoms with E-state index in [4.69, 9.17) is 28.3 Å². The van der Waals surface area contributed by atoms with Gasteiger partial charge in [0.1, 0.15) is 0 Å². The highest BCUT2D eigenvalue weighted by molar-refractivity contribution is 6.56. The summed E-state index contributed by atoms with van der Waals surface area (Å²) in [7, 11) is 0. The molecule has 0 atom stereocenters. The SMILES string of the molecule is O=C(O)C(Cl)(Cl)c1ccccc1. The second-order valence-corrected chi connectivity index (χ2v) is 3.57. The van der Waals surface area contributed by atoms with Crippen LogP contribution in [0.5, 0.6) is 0 Å². The summed E-state index contributed by atoms with van der Waals surface area (Å²) in [5.41, 5.74) is 0.362. The van der Waals surface area contributed by atoms with Crippen LogP contribution in [-0.4, -0.2) is 11.1 Å². The maximum atomic E-state index is 10.6. The van der Waals surface area contributed by atoms with Crippen LogP contribution in [0.3, 0.4) is 0 Å². The molecule has 2 nitrogen and oxygen atoms in total. The van der Waals surface area contributed by atoms with Crippen LogP contribution in [0.25, 0.3) is 0 Å². The fraction of sp³-hybridized carbons (Fsp3) is 0.125. The predicted octanol–water partition coefficient (Wildman–Crippen LogP) is 2.40. The molecule has 0 fully saturated rings. The van der Waals surface area contributed by atoms with Gasteiger partial charge >= 0.3 is 5.97 Å². The molecule has 0 aliphatic heterocycles. The van der Waals surface area contributed by atoms with E-state index in [-0.39, 0.29) is 0 Å². The standard InChI is InChI=1S/C8H6Cl2O2/c9-8(10,7(11)12)6-4-2-1-3-5-6/h1-5H,(H,11,12). The van der Waals surface area contributed by atoms with E-state index >= 15 is 0 Å². The molecular formula is C8H6Cl2O2. The first-order valence-electron chi connectivity index (χ1n) is 3.22. The smallest absolute Gasteiger partial charge is 0.344 e. The number of halogens is 2. The van der Waals surface area contributed by atoms with E-state index in [1.54, 1.807) is 30.3 Å². The van der Waals surface area contributed by atoms with Crippen molar-refractivity contribution >= 4 is 29.2 Å². The minimum Gasteiger partial charge on any atom is -0.479 e. The van der Waals surface area contributed by atoms with Crippen LogP contribution < -0.4 is 0 Å². The van der Waals surface area contributed by atoms with Crippen LogP contribution in [0.4, 0.5) is 0 Å². The molecule has 1 rings (SSSR count). The van der Waals surface area contributed by atoms with E-state index in [1.165, 1.54) is 0 Å². The average molecular weight is 205 g/mol. The Morgan fingerprint density at radius 2 is 1.75 bits per heavy atom. The lowest BCUT2D eigenvalue weighted by molar-refractivity contribution is -0.138. The summed E-state index contributed by atoms with van der Waals surface area (Å²) in [4.78, 5) is 10.6. The molecule has 1 aromatic carbocycles. The quantitative estimate of drug-likeness (QED) is 0.752. The molecule has 4 heteroatoms. The predicted molar refractivity (Wildman–Crippen MR) is 47.5 cm³/mol. The van der Waals surface area contributed by atoms with Gasteiger partial charge in [0.05, 0.1) is 0 Å². The van der Waals surface area contributed by atoms with Crippen molar-refractivity contribution in [3.05, 3.63) is 35.9 Å². The summed E-state index contributed by atoms with van der Waals surface area (Å²) in [6.07, 6.45) is 0. The highest BCUT2D eigenvalue weighted by Gasteiger charge is 2.35. The topological polar surface area (TPSA) is 37.3 Å². The molecule has 0 saturated heterocycles. The van der Waals surface area contributed by atoms with E-state index < -0.39 is 10.3 Å². The zero-order valence-electron chi connectivity index (χ0n) is 6.00. The fourth-order valence-electron chi connectivity index (χ4n) is 0.771.